The van der Waals surface area contributed by atoms with Gasteiger partial charge in [-0.1, -0.05) is 18.2 Å². The van der Waals surface area contributed by atoms with Gasteiger partial charge in [0.15, 0.2) is 0 Å². The van der Waals surface area contributed by atoms with Crippen molar-refractivity contribution in [3.8, 4) is 0 Å². The van der Waals surface area contributed by atoms with Crippen LogP contribution in [0, 0.1) is 18.6 Å². The molecule has 104 valence electrons. The Morgan fingerprint density at radius 3 is 2.85 bits per heavy atom. The monoisotopic (exact) mass is 291 g/mol. The molecule has 3 rings (SSSR count). The summed E-state index contributed by atoms with van der Waals surface area (Å²) in [6, 6.07) is 10.0. The van der Waals surface area contributed by atoms with Gasteiger partial charge in [-0.15, -0.1) is 11.8 Å². The molecule has 0 fully saturated rings. The first-order valence-corrected chi connectivity index (χ1v) is 7.57. The van der Waals surface area contributed by atoms with E-state index in [-0.39, 0.29) is 17.7 Å². The second-order valence-corrected chi connectivity index (χ2v) is 6.08. The maximum atomic E-state index is 13.8. The maximum absolute atomic E-state index is 13.8. The van der Waals surface area contributed by atoms with Crippen LogP contribution in [0.4, 0.5) is 14.5 Å². The van der Waals surface area contributed by atoms with Crippen molar-refractivity contribution in [2.24, 2.45) is 0 Å². The Labute approximate surface area is 121 Å². The number of hydrogen-bond acceptors (Lipinski definition) is 2. The third kappa shape index (κ3) is 2.52. The molecule has 0 spiro atoms. The van der Waals surface area contributed by atoms with Crippen molar-refractivity contribution in [1.29, 1.82) is 0 Å². The topological polar surface area (TPSA) is 12.0 Å². The molecule has 1 heterocycles. The van der Waals surface area contributed by atoms with Crippen molar-refractivity contribution < 1.29 is 8.78 Å². The van der Waals surface area contributed by atoms with Gasteiger partial charge in [-0.2, -0.15) is 0 Å². The molecule has 0 saturated carbocycles. The fourth-order valence-electron chi connectivity index (χ4n) is 2.47. The lowest BCUT2D eigenvalue weighted by atomic mass is 10.0. The number of benzene rings is 2. The number of hydrogen-bond donors (Lipinski definition) is 1. The van der Waals surface area contributed by atoms with Gasteiger partial charge in [-0.05, 0) is 42.7 Å². The summed E-state index contributed by atoms with van der Waals surface area (Å²) in [5, 5.41) is 3.22. The van der Waals surface area contributed by atoms with Gasteiger partial charge >= 0.3 is 0 Å². The molecular formula is C16H15F2NS. The summed E-state index contributed by atoms with van der Waals surface area (Å²) in [5.74, 6) is 0.370. The zero-order valence-electron chi connectivity index (χ0n) is 11.1. The van der Waals surface area contributed by atoms with E-state index in [4.69, 9.17) is 0 Å². The second kappa shape index (κ2) is 5.44. The first-order chi connectivity index (χ1) is 9.65. The highest BCUT2D eigenvalue weighted by atomic mass is 32.2. The standard InChI is InChI=1S/C16H15F2NS/c1-10-5-6-12(17)15(9-10)19-14-7-8-20-16-11(14)3-2-4-13(16)18/h2-6,9,14,19H,7-8H2,1H3. The lowest BCUT2D eigenvalue weighted by molar-refractivity contribution is 0.583. The molecule has 1 unspecified atom stereocenters. The van der Waals surface area contributed by atoms with Crippen molar-refractivity contribution in [3.63, 3.8) is 0 Å². The Kier molecular flexibility index (Phi) is 3.66. The molecular weight excluding hydrogens is 276 g/mol. The Bertz CT molecular complexity index is 642. The highest BCUT2D eigenvalue weighted by Gasteiger charge is 2.23. The lowest BCUT2D eigenvalue weighted by Gasteiger charge is -2.27. The molecule has 1 atom stereocenters. The Morgan fingerprint density at radius 2 is 2.00 bits per heavy atom. The molecule has 0 bridgehead atoms. The van der Waals surface area contributed by atoms with Gasteiger partial charge in [0.1, 0.15) is 11.6 Å². The van der Waals surface area contributed by atoms with E-state index in [0.717, 1.165) is 23.3 Å². The van der Waals surface area contributed by atoms with Crippen molar-refractivity contribution in [3.05, 3.63) is 59.2 Å². The molecule has 0 amide bonds. The first-order valence-electron chi connectivity index (χ1n) is 6.59. The average Bonchev–Trinajstić information content (AvgIpc) is 2.44. The molecule has 20 heavy (non-hydrogen) atoms. The molecule has 1 nitrogen and oxygen atoms in total. The average molecular weight is 291 g/mol. The summed E-state index contributed by atoms with van der Waals surface area (Å²) in [5.41, 5.74) is 2.40. The van der Waals surface area contributed by atoms with Crippen molar-refractivity contribution >= 4 is 17.4 Å². The SMILES string of the molecule is Cc1ccc(F)c(NC2CCSc3c(F)cccc32)c1. The number of aryl methyl sites for hydroxylation is 1. The van der Waals surface area contributed by atoms with E-state index in [2.05, 4.69) is 5.32 Å². The predicted octanol–water partition coefficient (Wildman–Crippen LogP) is 4.92. The van der Waals surface area contributed by atoms with E-state index in [1.807, 2.05) is 13.0 Å². The summed E-state index contributed by atoms with van der Waals surface area (Å²) < 4.78 is 27.6. The quantitative estimate of drug-likeness (QED) is 0.842. The van der Waals surface area contributed by atoms with Gasteiger partial charge in [-0.3, -0.25) is 0 Å². The molecule has 2 aromatic carbocycles. The molecule has 2 aromatic rings. The summed E-state index contributed by atoms with van der Waals surface area (Å²) in [4.78, 5) is 0.685. The van der Waals surface area contributed by atoms with Crippen LogP contribution in [0.5, 0.6) is 0 Å². The van der Waals surface area contributed by atoms with Crippen LogP contribution in [-0.2, 0) is 0 Å². The van der Waals surface area contributed by atoms with Crippen molar-refractivity contribution in [1.82, 2.24) is 0 Å². The number of anilines is 1. The van der Waals surface area contributed by atoms with Gasteiger partial charge in [0.2, 0.25) is 0 Å². The lowest BCUT2D eigenvalue weighted by Crippen LogP contribution is -2.17. The highest BCUT2D eigenvalue weighted by molar-refractivity contribution is 7.99. The van der Waals surface area contributed by atoms with Gasteiger partial charge in [0.25, 0.3) is 0 Å². The zero-order valence-corrected chi connectivity index (χ0v) is 11.9. The largest absolute Gasteiger partial charge is 0.376 e. The Hall–Kier alpha value is -1.55. The fourth-order valence-corrected chi connectivity index (χ4v) is 3.61. The van der Waals surface area contributed by atoms with Gasteiger partial charge in [0.05, 0.1) is 11.7 Å². The van der Waals surface area contributed by atoms with Crippen LogP contribution in [0.1, 0.15) is 23.6 Å². The van der Waals surface area contributed by atoms with Crippen LogP contribution in [0.2, 0.25) is 0 Å². The minimum absolute atomic E-state index is 0.0433. The summed E-state index contributed by atoms with van der Waals surface area (Å²) in [6.07, 6.45) is 0.856. The van der Waals surface area contributed by atoms with E-state index in [0.29, 0.717) is 10.6 Å². The minimum atomic E-state index is -0.272. The number of thioether (sulfide) groups is 1. The second-order valence-electron chi connectivity index (χ2n) is 4.98. The van der Waals surface area contributed by atoms with Crippen molar-refractivity contribution in [2.75, 3.05) is 11.1 Å². The molecule has 1 aliphatic rings. The van der Waals surface area contributed by atoms with E-state index < -0.39 is 0 Å². The van der Waals surface area contributed by atoms with Gasteiger partial charge in [0, 0.05) is 10.6 Å². The van der Waals surface area contributed by atoms with Crippen molar-refractivity contribution in [2.45, 2.75) is 24.3 Å². The van der Waals surface area contributed by atoms with Gasteiger partial charge in [-0.25, -0.2) is 8.78 Å². The molecule has 0 radical (unpaired) electrons. The van der Waals surface area contributed by atoms with Crippen LogP contribution in [0.15, 0.2) is 41.3 Å². The van der Waals surface area contributed by atoms with Crippen LogP contribution in [0.25, 0.3) is 0 Å². The third-order valence-electron chi connectivity index (χ3n) is 3.48. The van der Waals surface area contributed by atoms with E-state index >= 15 is 0 Å². The normalized spacial score (nSPS) is 17.6. The van der Waals surface area contributed by atoms with E-state index in [1.165, 1.54) is 23.9 Å². The third-order valence-corrected chi connectivity index (χ3v) is 4.64. The minimum Gasteiger partial charge on any atom is -0.376 e. The number of rotatable bonds is 2. The molecule has 1 N–H and O–H groups in total. The molecule has 4 heteroatoms. The first kappa shape index (κ1) is 13.4. The van der Waals surface area contributed by atoms with Crippen LogP contribution in [-0.4, -0.2) is 5.75 Å². The molecule has 0 aliphatic carbocycles. The smallest absolute Gasteiger partial charge is 0.146 e. The molecule has 0 saturated heterocycles. The van der Waals surface area contributed by atoms with E-state index in [1.54, 1.807) is 18.2 Å². The van der Waals surface area contributed by atoms with Crippen LogP contribution >= 0.6 is 11.8 Å². The molecule has 0 aromatic heterocycles. The fraction of sp³-hybridized carbons (Fsp3) is 0.250. The van der Waals surface area contributed by atoms with Gasteiger partial charge < -0.3 is 5.32 Å². The van der Waals surface area contributed by atoms with Crippen LogP contribution < -0.4 is 5.32 Å². The maximum Gasteiger partial charge on any atom is 0.146 e. The van der Waals surface area contributed by atoms with Crippen LogP contribution in [0.3, 0.4) is 0 Å². The predicted molar refractivity (Wildman–Crippen MR) is 79.2 cm³/mol. The number of fused-ring (bicyclic) bond motifs is 1. The molecule has 1 aliphatic heterocycles. The number of nitrogens with one attached hydrogen (secondary N) is 1. The Balaban J connectivity index is 1.94. The summed E-state index contributed by atoms with van der Waals surface area (Å²) in [6.45, 7) is 1.93. The zero-order chi connectivity index (χ0) is 14.1. The summed E-state index contributed by atoms with van der Waals surface area (Å²) >= 11 is 1.53. The highest BCUT2D eigenvalue weighted by Crippen LogP contribution is 2.39. The van der Waals surface area contributed by atoms with E-state index in [9.17, 15) is 8.78 Å². The number of halogens is 2. The Morgan fingerprint density at radius 1 is 1.15 bits per heavy atom. The summed E-state index contributed by atoms with van der Waals surface area (Å²) in [7, 11) is 0.